The Morgan fingerprint density at radius 2 is 1.76 bits per heavy atom. The van der Waals surface area contributed by atoms with Crippen molar-refractivity contribution in [2.45, 2.75) is 13.1 Å². The van der Waals surface area contributed by atoms with E-state index in [1.807, 2.05) is 31.2 Å². The number of rotatable bonds is 4. The first kappa shape index (κ1) is 22.5. The zero-order valence-corrected chi connectivity index (χ0v) is 18.1. The van der Waals surface area contributed by atoms with E-state index < -0.39 is 23.6 Å². The minimum absolute atomic E-state index is 0.0951. The van der Waals surface area contributed by atoms with Gasteiger partial charge in [0.2, 0.25) is 0 Å². The molecule has 0 bridgehead atoms. The maximum absolute atomic E-state index is 13.2. The number of alkyl halides is 3. The Morgan fingerprint density at radius 1 is 1.03 bits per heavy atom. The van der Waals surface area contributed by atoms with Gasteiger partial charge in [0.25, 0.3) is 11.8 Å². The lowest BCUT2D eigenvalue weighted by molar-refractivity contribution is -0.137. The lowest BCUT2D eigenvalue weighted by Gasteiger charge is -2.29. The predicted octanol–water partition coefficient (Wildman–Crippen LogP) is 5.09. The summed E-state index contributed by atoms with van der Waals surface area (Å²) >= 11 is 5.09. The normalized spacial score (nSPS) is 15.8. The van der Waals surface area contributed by atoms with E-state index in [1.54, 1.807) is 12.1 Å². The second-order valence-corrected chi connectivity index (χ2v) is 7.52. The molecule has 1 N–H and O–H groups in total. The van der Waals surface area contributed by atoms with Crippen LogP contribution in [0, 0.1) is 0 Å². The van der Waals surface area contributed by atoms with Crippen LogP contribution in [0.1, 0.15) is 18.1 Å². The van der Waals surface area contributed by atoms with E-state index in [2.05, 4.69) is 5.32 Å². The van der Waals surface area contributed by atoms with Crippen molar-refractivity contribution in [3.63, 3.8) is 0 Å². The Balaban J connectivity index is 1.80. The second-order valence-electron chi connectivity index (χ2n) is 7.14. The maximum Gasteiger partial charge on any atom is 0.416 e. The van der Waals surface area contributed by atoms with Gasteiger partial charge in [0.05, 0.1) is 17.9 Å². The van der Waals surface area contributed by atoms with Gasteiger partial charge in [-0.2, -0.15) is 13.2 Å². The molecule has 0 atom stereocenters. The summed E-state index contributed by atoms with van der Waals surface area (Å²) in [6.45, 7) is 2.33. The van der Waals surface area contributed by atoms with Gasteiger partial charge < -0.3 is 4.74 Å². The largest absolute Gasteiger partial charge is 0.493 e. The quantitative estimate of drug-likeness (QED) is 0.328. The molecule has 1 heterocycles. The number of nitrogens with one attached hydrogen (secondary N) is 1. The van der Waals surface area contributed by atoms with Crippen LogP contribution >= 0.6 is 12.2 Å². The molecule has 1 aliphatic rings. The van der Waals surface area contributed by atoms with E-state index in [4.69, 9.17) is 17.0 Å². The number of carbonyl (C=O) groups is 2. The smallest absolute Gasteiger partial charge is 0.416 e. The van der Waals surface area contributed by atoms with Crippen molar-refractivity contribution in [3.8, 4) is 5.75 Å². The number of thiocarbonyl (C=S) groups is 1. The highest BCUT2D eigenvalue weighted by Gasteiger charge is 2.36. The van der Waals surface area contributed by atoms with Crippen LogP contribution in [-0.4, -0.2) is 23.5 Å². The highest BCUT2D eigenvalue weighted by Crippen LogP contribution is 2.34. The summed E-state index contributed by atoms with van der Waals surface area (Å²) in [4.78, 5) is 26.7. The van der Waals surface area contributed by atoms with Gasteiger partial charge in [-0.1, -0.05) is 36.4 Å². The van der Waals surface area contributed by atoms with Crippen molar-refractivity contribution in [3.05, 3.63) is 77.4 Å². The standard InChI is InChI=1S/C24H17F3N2O3S/c1-2-32-20-11-10-14(17-8-3-4-9-18(17)20)12-19-21(30)28-23(33)29(22(19)31)16-7-5-6-15(13-16)24(25,26)27/h3-13H,2H2,1H3,(H,28,30,33)/b19-12+. The summed E-state index contributed by atoms with van der Waals surface area (Å²) in [5, 5.41) is 3.64. The number of fused-ring (bicyclic) bond motifs is 1. The van der Waals surface area contributed by atoms with Gasteiger partial charge >= 0.3 is 6.18 Å². The molecule has 0 spiro atoms. The van der Waals surface area contributed by atoms with Crippen LogP contribution in [0.2, 0.25) is 0 Å². The summed E-state index contributed by atoms with van der Waals surface area (Å²) in [5.74, 6) is -0.895. The Labute approximate surface area is 192 Å². The van der Waals surface area contributed by atoms with Crippen molar-refractivity contribution in [1.82, 2.24) is 5.32 Å². The van der Waals surface area contributed by atoms with Gasteiger partial charge in [0, 0.05) is 5.39 Å². The number of carbonyl (C=O) groups excluding carboxylic acids is 2. The number of benzene rings is 3. The van der Waals surface area contributed by atoms with E-state index in [0.717, 1.165) is 27.8 Å². The van der Waals surface area contributed by atoms with Crippen molar-refractivity contribution < 1.29 is 27.5 Å². The van der Waals surface area contributed by atoms with Crippen molar-refractivity contribution in [1.29, 1.82) is 0 Å². The summed E-state index contributed by atoms with van der Waals surface area (Å²) < 4.78 is 45.1. The van der Waals surface area contributed by atoms with Gasteiger partial charge in [-0.3, -0.25) is 19.8 Å². The molecule has 0 unspecified atom stereocenters. The molecule has 9 heteroatoms. The molecule has 1 fully saturated rings. The molecule has 0 aromatic heterocycles. The number of halogens is 3. The van der Waals surface area contributed by atoms with Crippen LogP contribution in [0.3, 0.4) is 0 Å². The molecule has 5 nitrogen and oxygen atoms in total. The van der Waals surface area contributed by atoms with Gasteiger partial charge in [-0.25, -0.2) is 0 Å². The molecule has 1 saturated heterocycles. The fraction of sp³-hybridized carbons (Fsp3) is 0.125. The molecule has 168 valence electrons. The summed E-state index contributed by atoms with van der Waals surface area (Å²) in [7, 11) is 0. The zero-order chi connectivity index (χ0) is 23.8. The van der Waals surface area contributed by atoms with Crippen LogP contribution in [0.25, 0.3) is 16.8 Å². The Bertz CT molecular complexity index is 1320. The zero-order valence-electron chi connectivity index (χ0n) is 17.3. The number of hydrogen-bond donors (Lipinski definition) is 1. The van der Waals surface area contributed by atoms with Gasteiger partial charge in [0.15, 0.2) is 5.11 Å². The van der Waals surface area contributed by atoms with E-state index in [0.29, 0.717) is 17.9 Å². The lowest BCUT2D eigenvalue weighted by atomic mass is 10.00. The lowest BCUT2D eigenvalue weighted by Crippen LogP contribution is -2.54. The highest BCUT2D eigenvalue weighted by atomic mass is 32.1. The minimum atomic E-state index is -4.60. The molecular formula is C24H17F3N2O3S. The molecule has 3 aromatic rings. The molecule has 33 heavy (non-hydrogen) atoms. The number of hydrogen-bond acceptors (Lipinski definition) is 4. The second kappa shape index (κ2) is 8.67. The third kappa shape index (κ3) is 4.31. The number of nitrogens with zero attached hydrogens (tertiary/aromatic N) is 1. The van der Waals surface area contributed by atoms with Crippen LogP contribution < -0.4 is 15.0 Å². The van der Waals surface area contributed by atoms with Gasteiger partial charge in [-0.05, 0) is 60.4 Å². The maximum atomic E-state index is 13.2. The van der Waals surface area contributed by atoms with Crippen molar-refractivity contribution in [2.24, 2.45) is 0 Å². The topological polar surface area (TPSA) is 58.6 Å². The third-order valence-electron chi connectivity index (χ3n) is 5.05. The molecule has 4 rings (SSSR count). The Kier molecular flexibility index (Phi) is 5.90. The molecule has 3 aromatic carbocycles. The monoisotopic (exact) mass is 470 g/mol. The molecule has 0 radical (unpaired) electrons. The Hall–Kier alpha value is -3.72. The molecule has 1 aliphatic heterocycles. The minimum Gasteiger partial charge on any atom is -0.493 e. The van der Waals surface area contributed by atoms with Gasteiger partial charge in [-0.15, -0.1) is 0 Å². The predicted molar refractivity (Wildman–Crippen MR) is 123 cm³/mol. The first-order valence-corrected chi connectivity index (χ1v) is 10.3. The van der Waals surface area contributed by atoms with E-state index >= 15 is 0 Å². The van der Waals surface area contributed by atoms with Crippen molar-refractivity contribution in [2.75, 3.05) is 11.5 Å². The van der Waals surface area contributed by atoms with E-state index in [-0.39, 0.29) is 16.4 Å². The summed E-state index contributed by atoms with van der Waals surface area (Å²) in [6, 6.07) is 15.0. The molecule has 0 saturated carbocycles. The molecular weight excluding hydrogens is 453 g/mol. The van der Waals surface area contributed by atoms with E-state index in [9.17, 15) is 22.8 Å². The van der Waals surface area contributed by atoms with Crippen LogP contribution in [-0.2, 0) is 15.8 Å². The van der Waals surface area contributed by atoms with Crippen LogP contribution in [0.5, 0.6) is 5.75 Å². The van der Waals surface area contributed by atoms with Crippen molar-refractivity contribution >= 4 is 51.7 Å². The summed E-state index contributed by atoms with van der Waals surface area (Å²) in [6.07, 6.45) is -3.20. The fourth-order valence-corrected chi connectivity index (χ4v) is 3.85. The van der Waals surface area contributed by atoms with Gasteiger partial charge in [0.1, 0.15) is 11.3 Å². The number of amides is 2. The number of anilines is 1. The summed E-state index contributed by atoms with van der Waals surface area (Å²) in [5.41, 5.74) is -0.711. The first-order valence-electron chi connectivity index (χ1n) is 9.94. The fourth-order valence-electron chi connectivity index (χ4n) is 3.57. The van der Waals surface area contributed by atoms with Crippen LogP contribution in [0.4, 0.5) is 18.9 Å². The Morgan fingerprint density at radius 3 is 2.45 bits per heavy atom. The average molecular weight is 470 g/mol. The van der Waals surface area contributed by atoms with E-state index in [1.165, 1.54) is 18.2 Å². The first-order chi connectivity index (χ1) is 15.7. The van der Waals surface area contributed by atoms with Crippen LogP contribution in [0.15, 0.2) is 66.2 Å². The third-order valence-corrected chi connectivity index (χ3v) is 5.34. The number of ether oxygens (including phenoxy) is 1. The molecule has 2 amide bonds. The molecule has 0 aliphatic carbocycles. The average Bonchev–Trinajstić information content (AvgIpc) is 2.77. The highest BCUT2D eigenvalue weighted by molar-refractivity contribution is 7.80. The SMILES string of the molecule is CCOc1ccc(/C=C2\C(=O)NC(=S)N(c3cccc(C(F)(F)F)c3)C2=O)c2ccccc12.